The highest BCUT2D eigenvalue weighted by Gasteiger charge is 1.98. The Balaban J connectivity index is 2.37. The molecule has 0 saturated heterocycles. The van der Waals surface area contributed by atoms with E-state index in [-0.39, 0.29) is 12.4 Å². The van der Waals surface area contributed by atoms with Gasteiger partial charge >= 0.3 is 5.97 Å². The zero-order chi connectivity index (χ0) is 9.68. The van der Waals surface area contributed by atoms with Crippen LogP contribution in [0.25, 0.3) is 0 Å². The molecule has 5 heteroatoms. The lowest BCUT2D eigenvalue weighted by molar-refractivity contribution is -0.137. The summed E-state index contributed by atoms with van der Waals surface area (Å²) in [6, 6.07) is 0. The van der Waals surface area contributed by atoms with Crippen molar-refractivity contribution < 1.29 is 9.90 Å². The van der Waals surface area contributed by atoms with Crippen LogP contribution in [0.1, 0.15) is 18.4 Å². The molecule has 1 rings (SSSR count). The number of aromatic nitrogens is 2. The van der Waals surface area contributed by atoms with E-state index >= 15 is 0 Å². The van der Waals surface area contributed by atoms with Gasteiger partial charge in [-0.05, 0) is 18.4 Å². The molecule has 0 aliphatic rings. The average molecular weight is 181 g/mol. The fraction of sp³-hybridized carbons (Fsp3) is 0.375. The lowest BCUT2D eigenvalue weighted by Gasteiger charge is -1.98. The molecule has 1 aromatic heterocycles. The van der Waals surface area contributed by atoms with Crippen molar-refractivity contribution in [2.75, 3.05) is 5.73 Å². The minimum atomic E-state index is -0.781. The van der Waals surface area contributed by atoms with Crippen LogP contribution in [-0.4, -0.2) is 21.0 Å². The highest BCUT2D eigenvalue weighted by Crippen LogP contribution is 2.02. The summed E-state index contributed by atoms with van der Waals surface area (Å²) in [5.41, 5.74) is 6.20. The summed E-state index contributed by atoms with van der Waals surface area (Å²) >= 11 is 0. The van der Waals surface area contributed by atoms with Crippen LogP contribution in [0.4, 0.5) is 5.95 Å². The Morgan fingerprint density at radius 2 is 2.08 bits per heavy atom. The normalized spacial score (nSPS) is 9.85. The van der Waals surface area contributed by atoms with Crippen LogP contribution in [0.3, 0.4) is 0 Å². The molecule has 0 radical (unpaired) electrons. The van der Waals surface area contributed by atoms with E-state index in [4.69, 9.17) is 10.8 Å². The number of nitrogen functional groups attached to an aromatic ring is 1. The first-order valence-corrected chi connectivity index (χ1v) is 3.96. The van der Waals surface area contributed by atoms with Crippen LogP contribution in [0.15, 0.2) is 12.4 Å². The lowest BCUT2D eigenvalue weighted by atomic mass is 10.1. The zero-order valence-electron chi connectivity index (χ0n) is 7.10. The fourth-order valence-electron chi connectivity index (χ4n) is 0.938. The van der Waals surface area contributed by atoms with Gasteiger partial charge in [0.05, 0.1) is 0 Å². The first-order chi connectivity index (χ1) is 6.18. The molecule has 0 amide bonds. The van der Waals surface area contributed by atoms with E-state index < -0.39 is 5.97 Å². The van der Waals surface area contributed by atoms with Crippen molar-refractivity contribution in [2.45, 2.75) is 19.3 Å². The highest BCUT2D eigenvalue weighted by molar-refractivity contribution is 5.66. The smallest absolute Gasteiger partial charge is 0.303 e. The van der Waals surface area contributed by atoms with Crippen LogP contribution in [0.5, 0.6) is 0 Å². The van der Waals surface area contributed by atoms with Crippen molar-refractivity contribution in [2.24, 2.45) is 0 Å². The summed E-state index contributed by atoms with van der Waals surface area (Å²) < 4.78 is 0. The average Bonchev–Trinajstić information content (AvgIpc) is 2.08. The van der Waals surface area contributed by atoms with Gasteiger partial charge in [0.2, 0.25) is 5.95 Å². The molecule has 0 unspecified atom stereocenters. The molecule has 0 aromatic carbocycles. The number of hydrogen-bond donors (Lipinski definition) is 2. The Hall–Kier alpha value is -1.65. The van der Waals surface area contributed by atoms with Crippen LogP contribution < -0.4 is 5.73 Å². The molecule has 0 atom stereocenters. The van der Waals surface area contributed by atoms with Crippen LogP contribution >= 0.6 is 0 Å². The Bertz CT molecular complexity index is 284. The quantitative estimate of drug-likeness (QED) is 0.704. The summed E-state index contributed by atoms with van der Waals surface area (Å²) in [5, 5.41) is 8.38. The van der Waals surface area contributed by atoms with Gasteiger partial charge in [0.25, 0.3) is 0 Å². The zero-order valence-corrected chi connectivity index (χ0v) is 7.10. The predicted molar refractivity (Wildman–Crippen MR) is 47.0 cm³/mol. The number of carboxylic acids is 1. The molecule has 3 N–H and O–H groups in total. The topological polar surface area (TPSA) is 89.1 Å². The fourth-order valence-corrected chi connectivity index (χ4v) is 0.938. The number of rotatable bonds is 4. The Morgan fingerprint density at radius 3 is 2.62 bits per heavy atom. The molecule has 0 saturated carbocycles. The Labute approximate surface area is 75.6 Å². The second-order valence-electron chi connectivity index (χ2n) is 2.70. The Morgan fingerprint density at radius 1 is 1.46 bits per heavy atom. The van der Waals surface area contributed by atoms with Gasteiger partial charge in [-0.15, -0.1) is 0 Å². The number of carboxylic acid groups (broad SMARTS) is 1. The van der Waals surface area contributed by atoms with Gasteiger partial charge in [0.15, 0.2) is 0 Å². The number of nitrogens with two attached hydrogens (primary N) is 1. The van der Waals surface area contributed by atoms with Crippen molar-refractivity contribution >= 4 is 11.9 Å². The van der Waals surface area contributed by atoms with E-state index in [9.17, 15) is 4.79 Å². The van der Waals surface area contributed by atoms with Gasteiger partial charge in [0.1, 0.15) is 0 Å². The van der Waals surface area contributed by atoms with Gasteiger partial charge < -0.3 is 10.8 Å². The summed E-state index contributed by atoms with van der Waals surface area (Å²) in [6.45, 7) is 0. The van der Waals surface area contributed by atoms with E-state index in [1.807, 2.05) is 0 Å². The summed E-state index contributed by atoms with van der Waals surface area (Å²) in [7, 11) is 0. The van der Waals surface area contributed by atoms with Crippen LogP contribution in [0.2, 0.25) is 0 Å². The SMILES string of the molecule is Nc1ncc(CCCC(=O)O)cn1. The van der Waals surface area contributed by atoms with Gasteiger partial charge in [-0.2, -0.15) is 0 Å². The maximum atomic E-state index is 10.2. The van der Waals surface area contributed by atoms with Gasteiger partial charge in [0, 0.05) is 18.8 Å². The van der Waals surface area contributed by atoms with Crippen LogP contribution in [0, 0.1) is 0 Å². The molecule has 0 spiro atoms. The van der Waals surface area contributed by atoms with E-state index in [0.29, 0.717) is 12.8 Å². The monoisotopic (exact) mass is 181 g/mol. The van der Waals surface area contributed by atoms with E-state index in [2.05, 4.69) is 9.97 Å². The van der Waals surface area contributed by atoms with Crippen molar-refractivity contribution in [3.63, 3.8) is 0 Å². The second kappa shape index (κ2) is 4.39. The molecule has 0 fully saturated rings. The molecular weight excluding hydrogens is 170 g/mol. The Kier molecular flexibility index (Phi) is 3.19. The highest BCUT2D eigenvalue weighted by atomic mass is 16.4. The number of anilines is 1. The first kappa shape index (κ1) is 9.44. The molecule has 0 aliphatic carbocycles. The van der Waals surface area contributed by atoms with Crippen molar-refractivity contribution in [1.82, 2.24) is 9.97 Å². The summed E-state index contributed by atoms with van der Waals surface area (Å²) in [4.78, 5) is 17.8. The minimum absolute atomic E-state index is 0.171. The largest absolute Gasteiger partial charge is 0.481 e. The van der Waals surface area contributed by atoms with Crippen molar-refractivity contribution in [3.05, 3.63) is 18.0 Å². The van der Waals surface area contributed by atoms with Gasteiger partial charge in [-0.25, -0.2) is 9.97 Å². The number of carbonyl (C=O) groups is 1. The van der Waals surface area contributed by atoms with Crippen molar-refractivity contribution in [1.29, 1.82) is 0 Å². The minimum Gasteiger partial charge on any atom is -0.481 e. The molecule has 0 bridgehead atoms. The molecular formula is C8H11N3O2. The van der Waals surface area contributed by atoms with E-state index in [1.54, 1.807) is 12.4 Å². The number of aliphatic carboxylic acids is 1. The van der Waals surface area contributed by atoms with Gasteiger partial charge in [-0.3, -0.25) is 4.79 Å². The first-order valence-electron chi connectivity index (χ1n) is 3.96. The van der Waals surface area contributed by atoms with Gasteiger partial charge in [-0.1, -0.05) is 0 Å². The number of nitrogens with zero attached hydrogens (tertiary/aromatic N) is 2. The van der Waals surface area contributed by atoms with Crippen molar-refractivity contribution in [3.8, 4) is 0 Å². The summed E-state index contributed by atoms with van der Waals surface area (Å²) in [6.07, 6.45) is 4.67. The van der Waals surface area contributed by atoms with Crippen LogP contribution in [-0.2, 0) is 11.2 Å². The maximum absolute atomic E-state index is 10.2. The molecule has 1 heterocycles. The summed E-state index contributed by atoms with van der Waals surface area (Å²) in [5.74, 6) is -0.543. The lowest BCUT2D eigenvalue weighted by Crippen LogP contribution is -1.98. The second-order valence-corrected chi connectivity index (χ2v) is 2.70. The molecule has 70 valence electrons. The third-order valence-electron chi connectivity index (χ3n) is 1.58. The molecule has 1 aromatic rings. The number of aryl methyl sites for hydroxylation is 1. The van der Waals surface area contributed by atoms with E-state index in [0.717, 1.165) is 5.56 Å². The predicted octanol–water partition coefficient (Wildman–Crippen LogP) is 0.466. The molecule has 0 aliphatic heterocycles. The standard InChI is InChI=1S/C8H11N3O2/c9-8-10-4-6(5-11-8)2-1-3-7(12)13/h4-5H,1-3H2,(H,12,13)(H2,9,10,11). The molecule has 5 nitrogen and oxygen atoms in total. The third kappa shape index (κ3) is 3.50. The maximum Gasteiger partial charge on any atom is 0.303 e. The van der Waals surface area contributed by atoms with E-state index in [1.165, 1.54) is 0 Å². The number of hydrogen-bond acceptors (Lipinski definition) is 4. The third-order valence-corrected chi connectivity index (χ3v) is 1.58. The molecule has 13 heavy (non-hydrogen) atoms.